The van der Waals surface area contributed by atoms with Gasteiger partial charge in [0, 0.05) is 22.5 Å². The molecule has 8 heteroatoms. The quantitative estimate of drug-likeness (QED) is 0.249. The van der Waals surface area contributed by atoms with Gasteiger partial charge in [0.1, 0.15) is 11.4 Å². The number of aromatic nitrogens is 2. The SMILES string of the molecule is Cc1ccc(-c2cccc(OCCC[C@@H](Cn3cnc(C(N)=O)c3)O[Si](C)(C)C(C)(C)C)c2)s1. The fourth-order valence-electron chi connectivity index (χ4n) is 3.43. The van der Waals surface area contributed by atoms with Gasteiger partial charge in [-0.15, -0.1) is 11.3 Å². The van der Waals surface area contributed by atoms with Crippen LogP contribution in [-0.4, -0.2) is 36.5 Å². The Bertz CT molecular complexity index is 1100. The summed E-state index contributed by atoms with van der Waals surface area (Å²) < 4.78 is 14.7. The second-order valence-corrected chi connectivity index (χ2v) is 16.3. The van der Waals surface area contributed by atoms with E-state index in [1.807, 2.05) is 16.7 Å². The van der Waals surface area contributed by atoms with E-state index in [1.165, 1.54) is 15.3 Å². The molecular formula is C26H37N3O3SSi. The van der Waals surface area contributed by atoms with Crippen molar-refractivity contribution in [2.24, 2.45) is 5.73 Å². The number of hydrogen-bond acceptors (Lipinski definition) is 5. The van der Waals surface area contributed by atoms with Gasteiger partial charge >= 0.3 is 0 Å². The highest BCUT2D eigenvalue weighted by atomic mass is 32.1. The third kappa shape index (κ3) is 7.04. The first-order valence-corrected chi connectivity index (χ1v) is 15.5. The second kappa shape index (κ2) is 10.9. The van der Waals surface area contributed by atoms with Crippen molar-refractivity contribution in [3.05, 3.63) is 59.5 Å². The maximum atomic E-state index is 11.4. The summed E-state index contributed by atoms with van der Waals surface area (Å²) in [5.41, 5.74) is 6.82. The molecule has 1 amide bonds. The number of nitrogens with two attached hydrogens (primary N) is 1. The van der Waals surface area contributed by atoms with E-state index in [1.54, 1.807) is 23.9 Å². The molecule has 184 valence electrons. The highest BCUT2D eigenvalue weighted by Gasteiger charge is 2.39. The Labute approximate surface area is 208 Å². The standard InChI is InChI=1S/C26H37N3O3SSi/c1-19-12-13-24(33-19)20-9-7-10-21(15-20)31-14-8-11-22(32-34(5,6)26(2,3)4)16-29-17-23(25(27)30)28-18-29/h7,9-10,12-13,15,17-18,22H,8,11,14,16H2,1-6H3,(H2,27,30)/t22-/m0/s1. The molecule has 0 aliphatic rings. The van der Waals surface area contributed by atoms with Crippen molar-refractivity contribution in [1.82, 2.24) is 9.55 Å². The Morgan fingerprint density at radius 2 is 2.00 bits per heavy atom. The van der Waals surface area contributed by atoms with Crippen molar-refractivity contribution in [2.75, 3.05) is 6.61 Å². The number of amides is 1. The lowest BCUT2D eigenvalue weighted by Crippen LogP contribution is -2.45. The normalized spacial score (nSPS) is 13.1. The summed E-state index contributed by atoms with van der Waals surface area (Å²) in [7, 11) is -1.97. The van der Waals surface area contributed by atoms with Gasteiger partial charge in [0.15, 0.2) is 8.32 Å². The average molecular weight is 500 g/mol. The third-order valence-corrected chi connectivity index (χ3v) is 12.0. The summed E-state index contributed by atoms with van der Waals surface area (Å²) in [6.07, 6.45) is 5.05. The lowest BCUT2D eigenvalue weighted by Gasteiger charge is -2.39. The van der Waals surface area contributed by atoms with Gasteiger partial charge in [0.25, 0.3) is 5.91 Å². The Hall–Kier alpha value is -2.42. The third-order valence-electron chi connectivity index (χ3n) is 6.37. The van der Waals surface area contributed by atoms with Gasteiger partial charge in [-0.2, -0.15) is 0 Å². The molecule has 0 saturated heterocycles. The van der Waals surface area contributed by atoms with Gasteiger partial charge in [0.2, 0.25) is 0 Å². The summed E-state index contributed by atoms with van der Waals surface area (Å²) in [6.45, 7) is 14.6. The van der Waals surface area contributed by atoms with Crippen molar-refractivity contribution >= 4 is 25.6 Å². The van der Waals surface area contributed by atoms with Gasteiger partial charge in [0.05, 0.1) is 19.0 Å². The number of benzene rings is 1. The van der Waals surface area contributed by atoms with Crippen LogP contribution in [0.4, 0.5) is 0 Å². The fourth-order valence-corrected chi connectivity index (χ4v) is 5.68. The molecule has 2 heterocycles. The van der Waals surface area contributed by atoms with E-state index in [2.05, 4.69) is 70.0 Å². The van der Waals surface area contributed by atoms with Gasteiger partial charge in [-0.1, -0.05) is 32.9 Å². The Morgan fingerprint density at radius 3 is 2.62 bits per heavy atom. The zero-order valence-corrected chi connectivity index (χ0v) is 22.9. The minimum absolute atomic E-state index is 0.000142. The smallest absolute Gasteiger partial charge is 0.268 e. The highest BCUT2D eigenvalue weighted by Crippen LogP contribution is 2.38. The Morgan fingerprint density at radius 1 is 1.24 bits per heavy atom. The lowest BCUT2D eigenvalue weighted by molar-refractivity contribution is 0.0995. The van der Waals surface area contributed by atoms with E-state index in [0.717, 1.165) is 18.6 Å². The van der Waals surface area contributed by atoms with Crippen LogP contribution < -0.4 is 10.5 Å². The Balaban J connectivity index is 1.61. The number of carbonyl (C=O) groups excluding carboxylic acids is 1. The van der Waals surface area contributed by atoms with Crippen LogP contribution in [0, 0.1) is 6.92 Å². The molecule has 0 saturated carbocycles. The maximum absolute atomic E-state index is 11.4. The molecule has 2 N–H and O–H groups in total. The van der Waals surface area contributed by atoms with Gasteiger partial charge in [-0.3, -0.25) is 4.79 Å². The highest BCUT2D eigenvalue weighted by molar-refractivity contribution is 7.15. The summed E-state index contributed by atoms with van der Waals surface area (Å²) in [4.78, 5) is 18.1. The molecular weight excluding hydrogens is 462 g/mol. The van der Waals surface area contributed by atoms with Crippen molar-refractivity contribution in [3.63, 3.8) is 0 Å². The van der Waals surface area contributed by atoms with E-state index in [4.69, 9.17) is 14.9 Å². The van der Waals surface area contributed by atoms with Crippen LogP contribution in [0.1, 0.15) is 49.0 Å². The van der Waals surface area contributed by atoms with Crippen molar-refractivity contribution in [2.45, 2.75) is 71.3 Å². The van der Waals surface area contributed by atoms with E-state index in [9.17, 15) is 4.79 Å². The summed E-state index contributed by atoms with van der Waals surface area (Å²) >= 11 is 1.79. The van der Waals surface area contributed by atoms with Crippen LogP contribution in [0.15, 0.2) is 48.9 Å². The number of thiophene rings is 1. The summed E-state index contributed by atoms with van der Waals surface area (Å²) in [6, 6.07) is 12.6. The number of aryl methyl sites for hydroxylation is 1. The molecule has 0 spiro atoms. The number of imidazole rings is 1. The van der Waals surface area contributed by atoms with Crippen LogP contribution in [0.2, 0.25) is 18.1 Å². The van der Waals surface area contributed by atoms with Gasteiger partial charge < -0.3 is 19.5 Å². The molecule has 0 aliphatic heterocycles. The van der Waals surface area contributed by atoms with E-state index in [0.29, 0.717) is 13.2 Å². The molecule has 3 aromatic rings. The zero-order valence-electron chi connectivity index (χ0n) is 21.1. The van der Waals surface area contributed by atoms with Gasteiger partial charge in [-0.25, -0.2) is 4.98 Å². The molecule has 0 radical (unpaired) electrons. The predicted octanol–water partition coefficient (Wildman–Crippen LogP) is 6.27. The van der Waals surface area contributed by atoms with Crippen LogP contribution in [0.3, 0.4) is 0 Å². The topological polar surface area (TPSA) is 79.4 Å². The van der Waals surface area contributed by atoms with Crippen LogP contribution >= 0.6 is 11.3 Å². The number of carbonyl (C=O) groups is 1. The Kier molecular flexibility index (Phi) is 8.38. The first kappa shape index (κ1) is 26.2. The first-order valence-electron chi connectivity index (χ1n) is 11.7. The molecule has 1 aromatic carbocycles. The van der Waals surface area contributed by atoms with Crippen LogP contribution in [0.5, 0.6) is 5.75 Å². The van der Waals surface area contributed by atoms with Crippen LogP contribution in [0.25, 0.3) is 10.4 Å². The number of nitrogens with zero attached hydrogens (tertiary/aromatic N) is 2. The first-order chi connectivity index (χ1) is 15.9. The van der Waals surface area contributed by atoms with Crippen LogP contribution in [-0.2, 0) is 11.0 Å². The molecule has 6 nitrogen and oxygen atoms in total. The molecule has 2 aromatic heterocycles. The molecule has 0 bridgehead atoms. The molecule has 3 rings (SSSR count). The van der Waals surface area contributed by atoms with Crippen molar-refractivity contribution < 1.29 is 14.0 Å². The molecule has 34 heavy (non-hydrogen) atoms. The van der Waals surface area contributed by atoms with E-state index < -0.39 is 14.2 Å². The number of ether oxygens (including phenoxy) is 1. The number of hydrogen-bond donors (Lipinski definition) is 1. The second-order valence-electron chi connectivity index (χ2n) is 10.2. The predicted molar refractivity (Wildman–Crippen MR) is 142 cm³/mol. The van der Waals surface area contributed by atoms with Crippen molar-refractivity contribution in [1.29, 1.82) is 0 Å². The van der Waals surface area contributed by atoms with E-state index in [-0.39, 0.29) is 16.8 Å². The monoisotopic (exact) mass is 499 g/mol. The fraction of sp³-hybridized carbons (Fsp3) is 0.462. The molecule has 0 aliphatic carbocycles. The largest absolute Gasteiger partial charge is 0.494 e. The number of primary amides is 1. The molecule has 1 atom stereocenters. The lowest BCUT2D eigenvalue weighted by atomic mass is 10.2. The summed E-state index contributed by atoms with van der Waals surface area (Å²) in [5, 5.41) is 0.107. The summed E-state index contributed by atoms with van der Waals surface area (Å²) in [5.74, 6) is 0.361. The van der Waals surface area contributed by atoms with Gasteiger partial charge in [-0.05, 0) is 67.7 Å². The minimum atomic E-state index is -1.97. The zero-order chi connectivity index (χ0) is 24.9. The number of rotatable bonds is 11. The van der Waals surface area contributed by atoms with Crippen molar-refractivity contribution in [3.8, 4) is 16.2 Å². The minimum Gasteiger partial charge on any atom is -0.494 e. The molecule has 0 fully saturated rings. The maximum Gasteiger partial charge on any atom is 0.268 e. The van der Waals surface area contributed by atoms with E-state index >= 15 is 0 Å². The average Bonchev–Trinajstić information content (AvgIpc) is 3.39. The molecule has 0 unspecified atom stereocenters.